The Morgan fingerprint density at radius 2 is 2.05 bits per heavy atom. The van der Waals surface area contributed by atoms with Crippen LogP contribution in [0.15, 0.2) is 24.3 Å². The van der Waals surface area contributed by atoms with Crippen LogP contribution in [0.1, 0.15) is 34.8 Å². The van der Waals surface area contributed by atoms with Crippen LogP contribution in [0.4, 0.5) is 0 Å². The first-order valence-electron chi connectivity index (χ1n) is 6.88. The summed E-state index contributed by atoms with van der Waals surface area (Å²) in [5, 5.41) is 17.8. The second kappa shape index (κ2) is 7.13. The van der Waals surface area contributed by atoms with Gasteiger partial charge in [0.2, 0.25) is 0 Å². The highest BCUT2D eigenvalue weighted by molar-refractivity contribution is 6.36. The number of aryl methyl sites for hydroxylation is 2. The Hall–Kier alpha value is -1.56. The average molecular weight is 342 g/mol. The van der Waals surface area contributed by atoms with Crippen LogP contribution in [0.3, 0.4) is 0 Å². The Kier molecular flexibility index (Phi) is 5.45. The molecule has 0 saturated heterocycles. The van der Waals surface area contributed by atoms with Gasteiger partial charge in [0.15, 0.2) is 0 Å². The Balaban J connectivity index is 2.07. The van der Waals surface area contributed by atoms with Gasteiger partial charge in [-0.05, 0) is 32.0 Å². The van der Waals surface area contributed by atoms with Crippen molar-refractivity contribution in [3.63, 3.8) is 0 Å². The lowest BCUT2D eigenvalue weighted by atomic mass is 10.1. The smallest absolute Gasteiger partial charge is 0.269 e. The summed E-state index contributed by atoms with van der Waals surface area (Å²) < 4.78 is 1.61. The fourth-order valence-corrected chi connectivity index (χ4v) is 2.83. The predicted octanol–water partition coefficient (Wildman–Crippen LogP) is 2.98. The van der Waals surface area contributed by atoms with Crippen LogP contribution >= 0.6 is 23.2 Å². The third-order valence-corrected chi connectivity index (χ3v) is 3.88. The third kappa shape index (κ3) is 3.61. The van der Waals surface area contributed by atoms with Gasteiger partial charge in [-0.2, -0.15) is 5.10 Å². The zero-order valence-corrected chi connectivity index (χ0v) is 13.8. The summed E-state index contributed by atoms with van der Waals surface area (Å²) in [6, 6.07) is 6.68. The minimum absolute atomic E-state index is 0.0101. The second-order valence-electron chi connectivity index (χ2n) is 4.85. The van der Waals surface area contributed by atoms with Gasteiger partial charge >= 0.3 is 0 Å². The lowest BCUT2D eigenvalue weighted by Gasteiger charge is -2.15. The fourth-order valence-electron chi connectivity index (χ4n) is 2.18. The molecule has 1 heterocycles. The quantitative estimate of drug-likeness (QED) is 0.878. The first-order chi connectivity index (χ1) is 10.4. The van der Waals surface area contributed by atoms with Crippen LogP contribution in [0.5, 0.6) is 0 Å². The number of nitrogens with one attached hydrogen (secondary N) is 1. The first-order valence-corrected chi connectivity index (χ1v) is 7.64. The highest BCUT2D eigenvalue weighted by Crippen LogP contribution is 2.29. The minimum Gasteiger partial charge on any atom is -0.386 e. The number of amides is 1. The molecular weight excluding hydrogens is 325 g/mol. The largest absolute Gasteiger partial charge is 0.386 e. The number of hydrogen-bond acceptors (Lipinski definition) is 3. The van der Waals surface area contributed by atoms with Crippen molar-refractivity contribution in [3.8, 4) is 0 Å². The maximum absolute atomic E-state index is 12.2. The molecule has 2 aromatic rings. The van der Waals surface area contributed by atoms with E-state index in [4.69, 9.17) is 23.2 Å². The summed E-state index contributed by atoms with van der Waals surface area (Å²) in [7, 11) is 0. The summed E-state index contributed by atoms with van der Waals surface area (Å²) in [6.07, 6.45) is -0.982. The maximum atomic E-state index is 12.2. The Bertz CT molecular complexity index is 665. The molecular formula is C15H17Cl2N3O2. The SMILES string of the molecule is CCn1nc(C)cc1C(=O)NC[C@H](O)c1c(Cl)cccc1Cl. The highest BCUT2D eigenvalue weighted by Gasteiger charge is 2.18. The van der Waals surface area contributed by atoms with Gasteiger partial charge in [0, 0.05) is 28.7 Å². The number of halogens is 2. The van der Waals surface area contributed by atoms with Crippen molar-refractivity contribution in [3.05, 3.63) is 51.3 Å². The minimum atomic E-state index is -0.982. The molecule has 118 valence electrons. The van der Waals surface area contributed by atoms with E-state index in [9.17, 15) is 9.90 Å². The van der Waals surface area contributed by atoms with Crippen molar-refractivity contribution >= 4 is 29.1 Å². The molecule has 1 atom stereocenters. The van der Waals surface area contributed by atoms with Crippen molar-refractivity contribution in [2.75, 3.05) is 6.54 Å². The van der Waals surface area contributed by atoms with E-state index in [2.05, 4.69) is 10.4 Å². The van der Waals surface area contributed by atoms with Gasteiger partial charge in [-0.3, -0.25) is 9.48 Å². The van der Waals surface area contributed by atoms with Gasteiger partial charge in [-0.1, -0.05) is 29.3 Å². The van der Waals surface area contributed by atoms with Crippen LogP contribution in [0.2, 0.25) is 10.0 Å². The highest BCUT2D eigenvalue weighted by atomic mass is 35.5. The topological polar surface area (TPSA) is 67.2 Å². The first kappa shape index (κ1) is 16.8. The number of nitrogens with zero attached hydrogens (tertiary/aromatic N) is 2. The van der Waals surface area contributed by atoms with E-state index in [0.29, 0.717) is 27.8 Å². The van der Waals surface area contributed by atoms with E-state index in [1.54, 1.807) is 28.9 Å². The van der Waals surface area contributed by atoms with Crippen LogP contribution < -0.4 is 5.32 Å². The molecule has 1 aromatic carbocycles. The summed E-state index contributed by atoms with van der Waals surface area (Å²) in [4.78, 5) is 12.2. The van der Waals surface area contributed by atoms with E-state index in [-0.39, 0.29) is 12.5 Å². The van der Waals surface area contributed by atoms with Gasteiger partial charge in [0.25, 0.3) is 5.91 Å². The van der Waals surface area contributed by atoms with E-state index in [1.807, 2.05) is 13.8 Å². The molecule has 2 N–H and O–H groups in total. The zero-order valence-electron chi connectivity index (χ0n) is 12.3. The van der Waals surface area contributed by atoms with Crippen molar-refractivity contribution in [2.24, 2.45) is 0 Å². The summed E-state index contributed by atoms with van der Waals surface area (Å²) >= 11 is 12.1. The second-order valence-corrected chi connectivity index (χ2v) is 5.66. The third-order valence-electron chi connectivity index (χ3n) is 3.22. The van der Waals surface area contributed by atoms with Crippen LogP contribution in [0, 0.1) is 6.92 Å². The van der Waals surface area contributed by atoms with Gasteiger partial charge in [-0.25, -0.2) is 0 Å². The summed E-state index contributed by atoms with van der Waals surface area (Å²) in [5.41, 5.74) is 1.63. The van der Waals surface area contributed by atoms with Crippen molar-refractivity contribution in [1.29, 1.82) is 0 Å². The molecule has 0 bridgehead atoms. The normalized spacial score (nSPS) is 12.2. The lowest BCUT2D eigenvalue weighted by Crippen LogP contribution is -2.30. The number of carbonyl (C=O) groups excluding carboxylic acids is 1. The van der Waals surface area contributed by atoms with E-state index < -0.39 is 6.10 Å². The number of aromatic nitrogens is 2. The number of aliphatic hydroxyl groups is 1. The Morgan fingerprint density at radius 3 is 2.64 bits per heavy atom. The molecule has 0 aliphatic rings. The van der Waals surface area contributed by atoms with Crippen LogP contribution in [-0.2, 0) is 6.54 Å². The molecule has 0 radical (unpaired) electrons. The zero-order chi connectivity index (χ0) is 16.3. The van der Waals surface area contributed by atoms with E-state index >= 15 is 0 Å². The van der Waals surface area contributed by atoms with E-state index in [0.717, 1.165) is 5.69 Å². The molecule has 22 heavy (non-hydrogen) atoms. The standard InChI is InChI=1S/C15H17Cl2N3O2/c1-3-20-12(7-9(2)19-20)15(22)18-8-13(21)14-10(16)5-4-6-11(14)17/h4-7,13,21H,3,8H2,1-2H3,(H,18,22)/t13-/m0/s1. The molecule has 0 aliphatic carbocycles. The number of aliphatic hydroxyl groups excluding tert-OH is 1. The molecule has 5 nitrogen and oxygen atoms in total. The summed E-state index contributed by atoms with van der Waals surface area (Å²) in [6.45, 7) is 4.33. The monoisotopic (exact) mass is 341 g/mol. The van der Waals surface area contributed by atoms with E-state index in [1.165, 1.54) is 0 Å². The average Bonchev–Trinajstić information content (AvgIpc) is 2.85. The van der Waals surface area contributed by atoms with Crippen molar-refractivity contribution in [1.82, 2.24) is 15.1 Å². The molecule has 0 spiro atoms. The lowest BCUT2D eigenvalue weighted by molar-refractivity contribution is 0.0906. The molecule has 0 aliphatic heterocycles. The summed E-state index contributed by atoms with van der Waals surface area (Å²) in [5.74, 6) is -0.301. The van der Waals surface area contributed by atoms with Gasteiger partial charge < -0.3 is 10.4 Å². The number of rotatable bonds is 5. The van der Waals surface area contributed by atoms with Crippen molar-refractivity contribution in [2.45, 2.75) is 26.5 Å². The number of hydrogen-bond donors (Lipinski definition) is 2. The molecule has 0 fully saturated rings. The molecule has 2 rings (SSSR count). The van der Waals surface area contributed by atoms with Gasteiger partial charge in [-0.15, -0.1) is 0 Å². The molecule has 0 unspecified atom stereocenters. The maximum Gasteiger partial charge on any atom is 0.269 e. The van der Waals surface area contributed by atoms with Crippen molar-refractivity contribution < 1.29 is 9.90 Å². The Labute approximate surface area is 138 Å². The molecule has 0 saturated carbocycles. The predicted molar refractivity (Wildman–Crippen MR) is 86.4 cm³/mol. The van der Waals surface area contributed by atoms with Crippen LogP contribution in [0.25, 0.3) is 0 Å². The Morgan fingerprint density at radius 1 is 1.41 bits per heavy atom. The molecule has 7 heteroatoms. The van der Waals surface area contributed by atoms with Gasteiger partial charge in [0.05, 0.1) is 11.8 Å². The molecule has 1 amide bonds. The number of carbonyl (C=O) groups is 1. The van der Waals surface area contributed by atoms with Gasteiger partial charge in [0.1, 0.15) is 5.69 Å². The van der Waals surface area contributed by atoms with Crippen LogP contribution in [-0.4, -0.2) is 27.3 Å². The molecule has 1 aromatic heterocycles. The number of benzene rings is 1. The fraction of sp³-hybridized carbons (Fsp3) is 0.333.